The number of carbonyl (C=O) groups excluding carboxylic acids is 1. The van der Waals surface area contributed by atoms with Crippen LogP contribution in [0, 0.1) is 0 Å². The molecule has 1 amide bonds. The lowest BCUT2D eigenvalue weighted by atomic mass is 10.0. The SMILES string of the molecule is C[C@@H]1CN([C@H](C(N)=O)c2ccccc2)C[C@H](C)O1. The van der Waals surface area contributed by atoms with E-state index in [1.54, 1.807) is 0 Å². The fraction of sp³-hybridized carbons (Fsp3) is 0.500. The summed E-state index contributed by atoms with van der Waals surface area (Å²) < 4.78 is 5.69. The highest BCUT2D eigenvalue weighted by molar-refractivity contribution is 5.81. The molecule has 0 unspecified atom stereocenters. The molecule has 3 atom stereocenters. The van der Waals surface area contributed by atoms with Crippen LogP contribution in [-0.2, 0) is 9.53 Å². The van der Waals surface area contributed by atoms with Crippen LogP contribution >= 0.6 is 0 Å². The standard InChI is InChI=1S/C14H20N2O2/c1-10-8-16(9-11(2)18-10)13(14(15)17)12-6-4-3-5-7-12/h3-7,10-11,13H,8-9H2,1-2H3,(H2,15,17)/t10-,11+,13-/m0/s1. The lowest BCUT2D eigenvalue weighted by molar-refractivity contribution is -0.130. The zero-order valence-electron chi connectivity index (χ0n) is 10.9. The van der Waals surface area contributed by atoms with Crippen molar-refractivity contribution >= 4 is 5.91 Å². The molecule has 1 saturated heterocycles. The van der Waals surface area contributed by atoms with Crippen LogP contribution in [0.2, 0.25) is 0 Å². The van der Waals surface area contributed by atoms with Crippen molar-refractivity contribution in [1.29, 1.82) is 0 Å². The third-order valence-electron chi connectivity index (χ3n) is 3.20. The van der Waals surface area contributed by atoms with E-state index in [0.29, 0.717) is 0 Å². The molecule has 0 aromatic heterocycles. The van der Waals surface area contributed by atoms with Gasteiger partial charge in [0.05, 0.1) is 12.2 Å². The monoisotopic (exact) mass is 248 g/mol. The molecule has 4 heteroatoms. The highest BCUT2D eigenvalue weighted by Gasteiger charge is 2.31. The molecule has 1 aromatic rings. The number of hydrogen-bond acceptors (Lipinski definition) is 3. The van der Waals surface area contributed by atoms with Crippen molar-refractivity contribution in [3.8, 4) is 0 Å². The maximum absolute atomic E-state index is 11.8. The number of hydrogen-bond donors (Lipinski definition) is 1. The minimum atomic E-state index is -0.361. The van der Waals surface area contributed by atoms with Gasteiger partial charge in [-0.1, -0.05) is 30.3 Å². The van der Waals surface area contributed by atoms with E-state index in [1.807, 2.05) is 44.2 Å². The van der Waals surface area contributed by atoms with Gasteiger partial charge in [-0.05, 0) is 19.4 Å². The van der Waals surface area contributed by atoms with Gasteiger partial charge in [-0.2, -0.15) is 0 Å². The number of morpholine rings is 1. The summed E-state index contributed by atoms with van der Waals surface area (Å²) in [5, 5.41) is 0. The molecule has 2 rings (SSSR count). The number of amides is 1. The Morgan fingerprint density at radius 1 is 1.28 bits per heavy atom. The average molecular weight is 248 g/mol. The number of primary amides is 1. The zero-order chi connectivity index (χ0) is 13.1. The Kier molecular flexibility index (Phi) is 3.99. The third-order valence-corrected chi connectivity index (χ3v) is 3.20. The maximum Gasteiger partial charge on any atom is 0.239 e. The number of carbonyl (C=O) groups is 1. The first-order valence-corrected chi connectivity index (χ1v) is 6.31. The first kappa shape index (κ1) is 13.1. The lowest BCUT2D eigenvalue weighted by Crippen LogP contribution is -2.50. The fourth-order valence-corrected chi connectivity index (χ4v) is 2.62. The van der Waals surface area contributed by atoms with Crippen molar-refractivity contribution in [3.63, 3.8) is 0 Å². The summed E-state index contributed by atoms with van der Waals surface area (Å²) in [6.07, 6.45) is 0.249. The largest absolute Gasteiger partial charge is 0.373 e. The molecular formula is C14H20N2O2. The van der Waals surface area contributed by atoms with E-state index in [-0.39, 0.29) is 24.2 Å². The summed E-state index contributed by atoms with van der Waals surface area (Å²) in [5.41, 5.74) is 6.52. The Bertz CT molecular complexity index is 398. The second kappa shape index (κ2) is 5.50. The zero-order valence-corrected chi connectivity index (χ0v) is 10.9. The molecular weight excluding hydrogens is 228 g/mol. The molecule has 1 aliphatic heterocycles. The number of nitrogens with zero attached hydrogens (tertiary/aromatic N) is 1. The van der Waals surface area contributed by atoms with Crippen LogP contribution in [0.3, 0.4) is 0 Å². The summed E-state index contributed by atoms with van der Waals surface area (Å²) in [5.74, 6) is -0.303. The van der Waals surface area contributed by atoms with E-state index >= 15 is 0 Å². The number of benzene rings is 1. The minimum Gasteiger partial charge on any atom is -0.373 e. The Morgan fingerprint density at radius 2 is 1.83 bits per heavy atom. The van der Waals surface area contributed by atoms with E-state index in [1.165, 1.54) is 0 Å². The lowest BCUT2D eigenvalue weighted by Gasteiger charge is -2.39. The van der Waals surface area contributed by atoms with Crippen LogP contribution in [0.25, 0.3) is 0 Å². The molecule has 0 bridgehead atoms. The van der Waals surface area contributed by atoms with Gasteiger partial charge in [0.1, 0.15) is 6.04 Å². The van der Waals surface area contributed by atoms with Crippen LogP contribution in [-0.4, -0.2) is 36.1 Å². The van der Waals surface area contributed by atoms with Gasteiger partial charge in [0.15, 0.2) is 0 Å². The van der Waals surface area contributed by atoms with E-state index < -0.39 is 0 Å². The van der Waals surface area contributed by atoms with Gasteiger partial charge in [0.2, 0.25) is 5.91 Å². The van der Waals surface area contributed by atoms with Crippen molar-refractivity contribution in [2.45, 2.75) is 32.1 Å². The molecule has 0 aliphatic carbocycles. The summed E-state index contributed by atoms with van der Waals surface area (Å²) in [6, 6.07) is 9.32. The topological polar surface area (TPSA) is 55.6 Å². The first-order chi connectivity index (χ1) is 8.58. The number of rotatable bonds is 3. The van der Waals surface area contributed by atoms with E-state index in [2.05, 4.69) is 4.90 Å². The first-order valence-electron chi connectivity index (χ1n) is 6.31. The van der Waals surface area contributed by atoms with Crippen molar-refractivity contribution in [2.24, 2.45) is 5.73 Å². The summed E-state index contributed by atoms with van der Waals surface area (Å²) in [4.78, 5) is 13.9. The molecule has 4 nitrogen and oxygen atoms in total. The highest BCUT2D eigenvalue weighted by Crippen LogP contribution is 2.24. The van der Waals surface area contributed by atoms with Crippen molar-refractivity contribution in [2.75, 3.05) is 13.1 Å². The fourth-order valence-electron chi connectivity index (χ4n) is 2.62. The van der Waals surface area contributed by atoms with Crippen LogP contribution < -0.4 is 5.73 Å². The highest BCUT2D eigenvalue weighted by atomic mass is 16.5. The molecule has 1 aromatic carbocycles. The molecule has 1 heterocycles. The summed E-state index contributed by atoms with van der Waals surface area (Å²) in [6.45, 7) is 5.50. The second-order valence-corrected chi connectivity index (χ2v) is 4.93. The average Bonchev–Trinajstić information content (AvgIpc) is 2.28. The number of ether oxygens (including phenoxy) is 1. The van der Waals surface area contributed by atoms with Crippen molar-refractivity contribution in [1.82, 2.24) is 4.90 Å². The third kappa shape index (κ3) is 2.89. The second-order valence-electron chi connectivity index (χ2n) is 4.93. The smallest absolute Gasteiger partial charge is 0.239 e. The Labute approximate surface area is 108 Å². The molecule has 1 fully saturated rings. The predicted molar refractivity (Wildman–Crippen MR) is 70.0 cm³/mol. The predicted octanol–water partition coefficient (Wildman–Crippen LogP) is 1.32. The maximum atomic E-state index is 11.8. The van der Waals surface area contributed by atoms with Gasteiger partial charge < -0.3 is 10.5 Å². The van der Waals surface area contributed by atoms with Gasteiger partial charge in [0.25, 0.3) is 0 Å². The van der Waals surface area contributed by atoms with Gasteiger partial charge in [-0.3, -0.25) is 9.69 Å². The van der Waals surface area contributed by atoms with Crippen LogP contribution in [0.4, 0.5) is 0 Å². The molecule has 0 spiro atoms. The Balaban J connectivity index is 2.23. The van der Waals surface area contributed by atoms with Crippen LogP contribution in [0.5, 0.6) is 0 Å². The normalized spacial score (nSPS) is 26.8. The van der Waals surface area contributed by atoms with Crippen molar-refractivity contribution in [3.05, 3.63) is 35.9 Å². The summed E-state index contributed by atoms with van der Waals surface area (Å²) in [7, 11) is 0. The van der Waals surface area contributed by atoms with Gasteiger partial charge >= 0.3 is 0 Å². The van der Waals surface area contributed by atoms with Crippen LogP contribution in [0.1, 0.15) is 25.5 Å². The minimum absolute atomic E-state index is 0.124. The summed E-state index contributed by atoms with van der Waals surface area (Å²) >= 11 is 0. The molecule has 1 aliphatic rings. The molecule has 0 radical (unpaired) electrons. The van der Waals surface area contributed by atoms with Gasteiger partial charge in [-0.25, -0.2) is 0 Å². The van der Waals surface area contributed by atoms with Crippen molar-refractivity contribution < 1.29 is 9.53 Å². The van der Waals surface area contributed by atoms with E-state index in [9.17, 15) is 4.79 Å². The van der Waals surface area contributed by atoms with E-state index in [4.69, 9.17) is 10.5 Å². The molecule has 98 valence electrons. The Hall–Kier alpha value is -1.39. The van der Waals surface area contributed by atoms with Crippen LogP contribution in [0.15, 0.2) is 30.3 Å². The molecule has 18 heavy (non-hydrogen) atoms. The van der Waals surface area contributed by atoms with Gasteiger partial charge in [-0.15, -0.1) is 0 Å². The van der Waals surface area contributed by atoms with E-state index in [0.717, 1.165) is 18.7 Å². The van der Waals surface area contributed by atoms with Gasteiger partial charge in [0, 0.05) is 13.1 Å². The Morgan fingerprint density at radius 3 is 2.33 bits per heavy atom. The molecule has 0 saturated carbocycles. The number of nitrogens with two attached hydrogens (primary N) is 1. The molecule has 2 N–H and O–H groups in total. The quantitative estimate of drug-likeness (QED) is 0.877.